The number of carbonyl (C=O) groups is 1. The SMILES string of the molecule is CC[C@H]1OC(=O)[C@H](C)[C@@H](OC2CC(C)(OC)C(O)C(C)O2)[C@H](C)[C@@H](O[C@@H]2OC(C)C[C@@H](N(C)C)C2O)[C@](C)(O)C[C@@H](C)/C(=N/OCOCCOC)[C@H](C)[C@@H](O)[C@]1(C)O. The molecule has 0 saturated carbocycles. The van der Waals surface area contributed by atoms with Crippen LogP contribution in [0.4, 0.5) is 0 Å². The lowest BCUT2D eigenvalue weighted by Gasteiger charge is -2.49. The maximum atomic E-state index is 14.3. The van der Waals surface area contributed by atoms with Crippen molar-refractivity contribution in [2.24, 2.45) is 28.8 Å². The second-order valence-electron chi connectivity index (χ2n) is 17.7. The number of nitrogens with zero attached hydrogens (tertiary/aromatic N) is 2. The Morgan fingerprint density at radius 1 is 0.897 bits per heavy atom. The first kappa shape index (κ1) is 50.8. The van der Waals surface area contributed by atoms with Crippen LogP contribution in [0.5, 0.6) is 0 Å². The molecule has 0 amide bonds. The van der Waals surface area contributed by atoms with Crippen molar-refractivity contribution < 1.29 is 73.1 Å². The van der Waals surface area contributed by atoms with Gasteiger partial charge in [0.2, 0.25) is 6.79 Å². The van der Waals surface area contributed by atoms with E-state index >= 15 is 0 Å². The zero-order valence-corrected chi connectivity index (χ0v) is 37.3. The largest absolute Gasteiger partial charge is 0.459 e. The smallest absolute Gasteiger partial charge is 0.311 e. The summed E-state index contributed by atoms with van der Waals surface area (Å²) in [6, 6.07) is -0.328. The van der Waals surface area contributed by atoms with E-state index in [1.165, 1.54) is 14.0 Å². The highest BCUT2D eigenvalue weighted by Gasteiger charge is 2.53. The molecule has 58 heavy (non-hydrogen) atoms. The van der Waals surface area contributed by atoms with E-state index in [0.717, 1.165) is 0 Å². The number of hydrogen-bond donors (Lipinski definition) is 5. The number of likely N-dealkylation sites (N-methyl/N-ethyl adjacent to an activating group) is 1. The van der Waals surface area contributed by atoms with E-state index in [1.807, 2.05) is 32.8 Å². The van der Waals surface area contributed by atoms with Gasteiger partial charge in [-0.05, 0) is 74.9 Å². The molecule has 3 rings (SSSR count). The Hall–Kier alpha value is -1.58. The van der Waals surface area contributed by atoms with E-state index in [-0.39, 0.29) is 44.8 Å². The molecule has 3 heterocycles. The lowest BCUT2D eigenvalue weighted by Crippen LogP contribution is -2.61. The Morgan fingerprint density at radius 3 is 2.14 bits per heavy atom. The number of cyclic esters (lactones) is 1. The predicted molar refractivity (Wildman–Crippen MR) is 212 cm³/mol. The normalized spacial score (nSPS) is 45.8. The molecule has 17 nitrogen and oxygen atoms in total. The fraction of sp³-hybridized carbons (Fsp3) is 0.951. The van der Waals surface area contributed by atoms with Crippen LogP contribution < -0.4 is 0 Å². The van der Waals surface area contributed by atoms with Crippen molar-refractivity contribution in [3.8, 4) is 0 Å². The highest BCUT2D eigenvalue weighted by atomic mass is 16.7. The van der Waals surface area contributed by atoms with Gasteiger partial charge in [-0.1, -0.05) is 32.9 Å². The van der Waals surface area contributed by atoms with Gasteiger partial charge in [0, 0.05) is 44.4 Å². The molecule has 0 aliphatic carbocycles. The maximum Gasteiger partial charge on any atom is 0.311 e. The highest BCUT2D eigenvalue weighted by molar-refractivity contribution is 5.88. The molecular weight excluding hydrogens is 760 g/mol. The number of aliphatic hydroxyl groups is 5. The first-order chi connectivity index (χ1) is 27.0. The minimum absolute atomic E-state index is 0.0307. The zero-order valence-electron chi connectivity index (χ0n) is 37.3. The molecule has 0 spiro atoms. The van der Waals surface area contributed by atoms with E-state index in [9.17, 15) is 30.3 Å². The Kier molecular flexibility index (Phi) is 18.8. The molecule has 0 radical (unpaired) electrons. The molecule has 0 aromatic rings. The number of oxime groups is 1. The number of hydrogen-bond acceptors (Lipinski definition) is 17. The summed E-state index contributed by atoms with van der Waals surface area (Å²) in [5.41, 5.74) is -4.49. The van der Waals surface area contributed by atoms with Crippen LogP contribution in [-0.2, 0) is 47.5 Å². The zero-order chi connectivity index (χ0) is 43.9. The highest BCUT2D eigenvalue weighted by Crippen LogP contribution is 2.41. The lowest BCUT2D eigenvalue weighted by atomic mass is 9.73. The third kappa shape index (κ3) is 12.1. The number of ether oxygens (including phenoxy) is 8. The van der Waals surface area contributed by atoms with Crippen LogP contribution in [0.2, 0.25) is 0 Å². The van der Waals surface area contributed by atoms with Gasteiger partial charge in [0.1, 0.15) is 23.9 Å². The first-order valence-corrected chi connectivity index (χ1v) is 20.8. The molecule has 0 aromatic carbocycles. The molecule has 3 aliphatic heterocycles. The van der Waals surface area contributed by atoms with Gasteiger partial charge >= 0.3 is 5.97 Å². The van der Waals surface area contributed by atoms with Crippen LogP contribution in [0, 0.1) is 23.7 Å². The molecule has 3 fully saturated rings. The van der Waals surface area contributed by atoms with Crippen molar-refractivity contribution in [2.75, 3.05) is 48.3 Å². The quantitative estimate of drug-likeness (QED) is 0.0778. The number of carbonyl (C=O) groups excluding carboxylic acids is 1. The standard InChI is InChI=1S/C41H76N2O15/c1-15-29-41(10,49)34(45)24(4)31(42-53-21-52-17-16-50-13)22(2)19-39(8,48)36(58-38-32(44)28(43(11)12)18-23(3)54-38)25(5)33(26(6)37(47)56-29)57-30-20-40(9,51-14)35(46)27(7)55-30/h22-30,32-36,38,44-46,48-49H,15-21H2,1-14H3/b42-31-/t22-,23?,24+,25+,26-,27?,28-,29-,30?,32?,33+,34-,35?,36-,38+,39-,40?,41-/m1/s1. The van der Waals surface area contributed by atoms with Gasteiger partial charge in [-0.15, -0.1) is 0 Å². The van der Waals surface area contributed by atoms with Crippen LogP contribution in [0.1, 0.15) is 94.9 Å². The molecule has 6 unspecified atom stereocenters. The summed E-state index contributed by atoms with van der Waals surface area (Å²) >= 11 is 0. The molecule has 3 saturated heterocycles. The molecule has 17 heteroatoms. The molecule has 340 valence electrons. The van der Waals surface area contributed by atoms with Gasteiger partial charge < -0.3 is 73.2 Å². The van der Waals surface area contributed by atoms with E-state index < -0.39 is 102 Å². The summed E-state index contributed by atoms with van der Waals surface area (Å²) in [6.45, 7) is 17.3. The lowest BCUT2D eigenvalue weighted by molar-refractivity contribution is -0.317. The number of methoxy groups -OCH3 is 2. The number of rotatable bonds is 13. The van der Waals surface area contributed by atoms with Crippen molar-refractivity contribution in [1.82, 2.24) is 4.90 Å². The van der Waals surface area contributed by atoms with Crippen LogP contribution in [0.25, 0.3) is 0 Å². The van der Waals surface area contributed by atoms with Crippen LogP contribution >= 0.6 is 0 Å². The fourth-order valence-corrected chi connectivity index (χ4v) is 8.93. The molecule has 3 aliphatic rings. The molecule has 18 atom stereocenters. The van der Waals surface area contributed by atoms with Crippen LogP contribution in [-0.4, -0.2) is 175 Å². The van der Waals surface area contributed by atoms with Gasteiger partial charge in [0.05, 0.1) is 66.6 Å². The number of aliphatic hydroxyl groups excluding tert-OH is 3. The topological polar surface area (TPSA) is 217 Å². The molecule has 5 N–H and O–H groups in total. The van der Waals surface area contributed by atoms with Crippen molar-refractivity contribution in [3.05, 3.63) is 0 Å². The summed E-state index contributed by atoms with van der Waals surface area (Å²) in [4.78, 5) is 21.8. The van der Waals surface area contributed by atoms with Gasteiger partial charge in [-0.2, -0.15) is 0 Å². The Labute approximate surface area is 345 Å². The minimum atomic E-state index is -1.97. The maximum absolute atomic E-state index is 14.3. The summed E-state index contributed by atoms with van der Waals surface area (Å²) in [7, 11) is 6.76. The Morgan fingerprint density at radius 2 is 1.55 bits per heavy atom. The average Bonchev–Trinajstić information content (AvgIpc) is 3.15. The molecular formula is C41H76N2O15. The second-order valence-corrected chi connectivity index (χ2v) is 17.7. The second kappa shape index (κ2) is 21.5. The van der Waals surface area contributed by atoms with E-state index in [2.05, 4.69) is 5.16 Å². The summed E-state index contributed by atoms with van der Waals surface area (Å²) in [6.07, 6.45) is -9.49. The van der Waals surface area contributed by atoms with E-state index in [4.69, 9.17) is 42.7 Å². The van der Waals surface area contributed by atoms with Crippen molar-refractivity contribution in [3.63, 3.8) is 0 Å². The summed E-state index contributed by atoms with van der Waals surface area (Å²) in [5.74, 6) is -4.14. The first-order valence-electron chi connectivity index (χ1n) is 20.8. The van der Waals surface area contributed by atoms with Gasteiger partial charge in [0.15, 0.2) is 12.6 Å². The van der Waals surface area contributed by atoms with Gasteiger partial charge in [-0.25, -0.2) is 0 Å². The van der Waals surface area contributed by atoms with Crippen molar-refractivity contribution in [2.45, 2.75) is 179 Å². The van der Waals surface area contributed by atoms with Gasteiger partial charge in [-0.3, -0.25) is 4.79 Å². The van der Waals surface area contributed by atoms with Crippen LogP contribution in [0.15, 0.2) is 5.16 Å². The summed E-state index contributed by atoms with van der Waals surface area (Å²) in [5, 5.41) is 63.6. The van der Waals surface area contributed by atoms with Crippen molar-refractivity contribution in [1.29, 1.82) is 0 Å². The van der Waals surface area contributed by atoms with Crippen molar-refractivity contribution >= 4 is 11.7 Å². The van der Waals surface area contributed by atoms with E-state index in [0.29, 0.717) is 18.7 Å². The summed E-state index contributed by atoms with van der Waals surface area (Å²) < 4.78 is 48.1. The Balaban J connectivity index is 2.22. The fourth-order valence-electron chi connectivity index (χ4n) is 8.93. The third-order valence-corrected chi connectivity index (χ3v) is 12.6. The number of esters is 1. The van der Waals surface area contributed by atoms with E-state index in [1.54, 1.807) is 55.6 Å². The van der Waals surface area contributed by atoms with Gasteiger partial charge in [0.25, 0.3) is 0 Å². The monoisotopic (exact) mass is 837 g/mol. The average molecular weight is 837 g/mol. The third-order valence-electron chi connectivity index (χ3n) is 12.6. The minimum Gasteiger partial charge on any atom is -0.459 e. The molecule has 0 aromatic heterocycles. The Bertz CT molecular complexity index is 1300. The van der Waals surface area contributed by atoms with Crippen LogP contribution in [0.3, 0.4) is 0 Å². The predicted octanol–water partition coefficient (Wildman–Crippen LogP) is 2.21. The molecule has 0 bridgehead atoms.